The number of carbonyl (C=O) groups excluding carboxylic acids is 1. The van der Waals surface area contributed by atoms with E-state index in [9.17, 15) is 13.2 Å². The van der Waals surface area contributed by atoms with Gasteiger partial charge in [0.05, 0.1) is 17.1 Å². The lowest BCUT2D eigenvalue weighted by molar-refractivity contribution is 0.0985. The Morgan fingerprint density at radius 3 is 2.50 bits per heavy atom. The highest BCUT2D eigenvalue weighted by Gasteiger charge is 2.30. The van der Waals surface area contributed by atoms with Crippen LogP contribution in [0.5, 0.6) is 5.75 Å². The number of benzene rings is 2. The smallest absolute Gasteiger partial charge is 0.262 e. The van der Waals surface area contributed by atoms with E-state index in [2.05, 4.69) is 0 Å². The number of ether oxygens (including phenoxy) is 1. The van der Waals surface area contributed by atoms with Crippen molar-refractivity contribution in [3.05, 3.63) is 53.6 Å². The molecule has 0 spiro atoms. The van der Waals surface area contributed by atoms with Crippen molar-refractivity contribution < 1.29 is 17.9 Å². The standard InChI is InChI=1S/C21H26N2O4S/c1-4-22(5-2)28(25,26)17-11-12-19-16(15-17)13-14-23(19)21(24)18-9-7-8-10-20(18)27-6-3/h7-12,15H,4-6,13-14H2,1-3H3. The second kappa shape index (κ2) is 8.32. The van der Waals surface area contributed by atoms with Crippen LogP contribution in [-0.2, 0) is 16.4 Å². The maximum atomic E-state index is 13.1. The van der Waals surface area contributed by atoms with Crippen LogP contribution in [0, 0.1) is 0 Å². The van der Waals surface area contributed by atoms with Crippen LogP contribution in [0.15, 0.2) is 47.4 Å². The predicted molar refractivity (Wildman–Crippen MR) is 110 cm³/mol. The summed E-state index contributed by atoms with van der Waals surface area (Å²) in [5.41, 5.74) is 2.14. The molecule has 0 atom stereocenters. The Labute approximate surface area is 166 Å². The highest BCUT2D eigenvalue weighted by atomic mass is 32.2. The van der Waals surface area contributed by atoms with Crippen LogP contribution in [0.2, 0.25) is 0 Å². The molecule has 0 N–H and O–H groups in total. The molecule has 0 radical (unpaired) electrons. The molecule has 6 nitrogen and oxygen atoms in total. The van der Waals surface area contributed by atoms with Crippen LogP contribution in [0.25, 0.3) is 0 Å². The summed E-state index contributed by atoms with van der Waals surface area (Å²) in [5.74, 6) is 0.423. The molecule has 1 aliphatic heterocycles. The zero-order valence-electron chi connectivity index (χ0n) is 16.5. The first-order valence-corrected chi connectivity index (χ1v) is 11.0. The van der Waals surface area contributed by atoms with E-state index in [1.54, 1.807) is 35.2 Å². The second-order valence-electron chi connectivity index (χ2n) is 6.52. The Morgan fingerprint density at radius 1 is 1.11 bits per heavy atom. The van der Waals surface area contributed by atoms with Crippen LogP contribution in [0.1, 0.15) is 36.7 Å². The summed E-state index contributed by atoms with van der Waals surface area (Å²) >= 11 is 0. The molecular weight excluding hydrogens is 376 g/mol. The number of para-hydroxylation sites is 1. The Hall–Kier alpha value is -2.38. The highest BCUT2D eigenvalue weighted by Crippen LogP contribution is 2.33. The van der Waals surface area contributed by atoms with E-state index in [0.29, 0.717) is 44.0 Å². The van der Waals surface area contributed by atoms with Crippen LogP contribution in [0.3, 0.4) is 0 Å². The Balaban J connectivity index is 1.93. The Morgan fingerprint density at radius 2 is 1.82 bits per heavy atom. The molecule has 3 rings (SSSR count). The summed E-state index contributed by atoms with van der Waals surface area (Å²) in [6, 6.07) is 12.2. The van der Waals surface area contributed by atoms with Gasteiger partial charge in [0.2, 0.25) is 10.0 Å². The SMILES string of the molecule is CCOc1ccccc1C(=O)N1CCc2cc(S(=O)(=O)N(CC)CC)ccc21. The van der Waals surface area contributed by atoms with E-state index in [1.807, 2.05) is 32.9 Å². The van der Waals surface area contributed by atoms with Gasteiger partial charge in [-0.15, -0.1) is 0 Å². The molecule has 2 aromatic carbocycles. The van der Waals surface area contributed by atoms with Gasteiger partial charge in [-0.3, -0.25) is 4.79 Å². The monoisotopic (exact) mass is 402 g/mol. The number of sulfonamides is 1. The third kappa shape index (κ3) is 3.64. The fraction of sp³-hybridized carbons (Fsp3) is 0.381. The van der Waals surface area contributed by atoms with Gasteiger partial charge < -0.3 is 9.64 Å². The zero-order valence-corrected chi connectivity index (χ0v) is 17.3. The molecule has 0 fully saturated rings. The molecular formula is C21H26N2O4S. The van der Waals surface area contributed by atoms with Crippen molar-refractivity contribution in [2.75, 3.05) is 31.1 Å². The van der Waals surface area contributed by atoms with Crippen molar-refractivity contribution in [2.45, 2.75) is 32.1 Å². The van der Waals surface area contributed by atoms with E-state index in [1.165, 1.54) is 4.31 Å². The van der Waals surface area contributed by atoms with Crippen molar-refractivity contribution in [1.82, 2.24) is 4.31 Å². The average Bonchev–Trinajstić information content (AvgIpc) is 3.12. The minimum absolute atomic E-state index is 0.137. The number of nitrogens with zero attached hydrogens (tertiary/aromatic N) is 2. The van der Waals surface area contributed by atoms with Crippen LogP contribution in [-0.4, -0.2) is 44.9 Å². The van der Waals surface area contributed by atoms with E-state index >= 15 is 0 Å². The zero-order chi connectivity index (χ0) is 20.3. The highest BCUT2D eigenvalue weighted by molar-refractivity contribution is 7.89. The van der Waals surface area contributed by atoms with Crippen molar-refractivity contribution in [1.29, 1.82) is 0 Å². The molecule has 7 heteroatoms. The van der Waals surface area contributed by atoms with Crippen molar-refractivity contribution in [3.8, 4) is 5.75 Å². The number of hydrogen-bond acceptors (Lipinski definition) is 4. The van der Waals surface area contributed by atoms with Gasteiger partial charge in [0.25, 0.3) is 5.91 Å². The Bertz CT molecular complexity index is 968. The first-order chi connectivity index (χ1) is 13.4. The van der Waals surface area contributed by atoms with Gasteiger partial charge >= 0.3 is 0 Å². The minimum atomic E-state index is -3.52. The average molecular weight is 403 g/mol. The molecule has 28 heavy (non-hydrogen) atoms. The summed E-state index contributed by atoms with van der Waals surface area (Å²) in [6.07, 6.45) is 0.624. The van der Waals surface area contributed by atoms with E-state index < -0.39 is 10.0 Å². The lowest BCUT2D eigenvalue weighted by Crippen LogP contribution is -2.31. The second-order valence-corrected chi connectivity index (χ2v) is 8.45. The molecule has 0 saturated carbocycles. The van der Waals surface area contributed by atoms with E-state index in [4.69, 9.17) is 4.74 Å². The van der Waals surface area contributed by atoms with Crippen LogP contribution >= 0.6 is 0 Å². The number of fused-ring (bicyclic) bond motifs is 1. The fourth-order valence-electron chi connectivity index (χ4n) is 3.53. The first-order valence-electron chi connectivity index (χ1n) is 9.60. The molecule has 1 amide bonds. The van der Waals surface area contributed by atoms with Gasteiger partial charge in [0.1, 0.15) is 5.75 Å². The van der Waals surface area contributed by atoms with Gasteiger partial charge in [0.15, 0.2) is 0 Å². The van der Waals surface area contributed by atoms with E-state index in [-0.39, 0.29) is 10.8 Å². The number of anilines is 1. The topological polar surface area (TPSA) is 66.9 Å². The summed E-state index contributed by atoms with van der Waals surface area (Å²) < 4.78 is 32.6. The maximum Gasteiger partial charge on any atom is 0.262 e. The van der Waals surface area contributed by atoms with Gasteiger partial charge in [0, 0.05) is 25.3 Å². The van der Waals surface area contributed by atoms with E-state index in [0.717, 1.165) is 11.3 Å². The summed E-state index contributed by atoms with van der Waals surface area (Å²) in [4.78, 5) is 15.1. The molecule has 0 aromatic heterocycles. The number of amides is 1. The molecule has 150 valence electrons. The Kier molecular flexibility index (Phi) is 6.05. The van der Waals surface area contributed by atoms with Crippen molar-refractivity contribution in [2.24, 2.45) is 0 Å². The minimum Gasteiger partial charge on any atom is -0.493 e. The summed E-state index contributed by atoms with van der Waals surface area (Å²) in [7, 11) is -3.52. The molecule has 0 bridgehead atoms. The molecule has 0 unspecified atom stereocenters. The van der Waals surface area contributed by atoms with Gasteiger partial charge in [-0.1, -0.05) is 26.0 Å². The van der Waals surface area contributed by atoms with Crippen LogP contribution < -0.4 is 9.64 Å². The lowest BCUT2D eigenvalue weighted by atomic mass is 10.1. The molecule has 1 heterocycles. The summed E-state index contributed by atoms with van der Waals surface area (Å²) in [6.45, 7) is 7.37. The number of rotatable bonds is 7. The maximum absolute atomic E-state index is 13.1. The summed E-state index contributed by atoms with van der Waals surface area (Å²) in [5, 5.41) is 0. The third-order valence-corrected chi connectivity index (χ3v) is 7.00. The van der Waals surface area contributed by atoms with Gasteiger partial charge in [-0.2, -0.15) is 4.31 Å². The fourth-order valence-corrected chi connectivity index (χ4v) is 5.04. The normalized spacial score (nSPS) is 13.6. The largest absolute Gasteiger partial charge is 0.493 e. The van der Waals surface area contributed by atoms with Crippen molar-refractivity contribution in [3.63, 3.8) is 0 Å². The molecule has 0 saturated heterocycles. The number of carbonyl (C=O) groups is 1. The van der Waals surface area contributed by atoms with Crippen LogP contribution in [0.4, 0.5) is 5.69 Å². The molecule has 0 aliphatic carbocycles. The molecule has 1 aliphatic rings. The first kappa shape index (κ1) is 20.4. The number of hydrogen-bond donors (Lipinski definition) is 0. The third-order valence-electron chi connectivity index (χ3n) is 4.95. The molecule has 2 aromatic rings. The predicted octanol–water partition coefficient (Wildman–Crippen LogP) is 3.32. The van der Waals surface area contributed by atoms with Gasteiger partial charge in [-0.25, -0.2) is 8.42 Å². The van der Waals surface area contributed by atoms with Crippen molar-refractivity contribution >= 4 is 21.6 Å². The lowest BCUT2D eigenvalue weighted by Gasteiger charge is -2.21. The quantitative estimate of drug-likeness (QED) is 0.713. The van der Waals surface area contributed by atoms with Gasteiger partial charge in [-0.05, 0) is 49.2 Å².